The zero-order chi connectivity index (χ0) is 44.6. The van der Waals surface area contributed by atoms with Gasteiger partial charge in [-0.15, -0.1) is 0 Å². The molecule has 0 radical (unpaired) electrons. The molecule has 0 aliphatic rings. The maximum absolute atomic E-state index is 13.0. The van der Waals surface area contributed by atoms with E-state index in [1.807, 2.05) is 6.92 Å². The largest absolute Gasteiger partial charge is 0.433 e. The quantitative estimate of drug-likeness (QED) is 0.0961. The molecule has 0 amide bonds. The number of nitrogens with two attached hydrogens (primary N) is 1. The lowest BCUT2D eigenvalue weighted by atomic mass is 10.2. The smallest absolute Gasteiger partial charge is 0.398 e. The van der Waals surface area contributed by atoms with Gasteiger partial charge in [-0.25, -0.2) is 18.4 Å². The summed E-state index contributed by atoms with van der Waals surface area (Å²) in [5.74, 6) is -0.538. The van der Waals surface area contributed by atoms with Crippen molar-refractivity contribution in [2.45, 2.75) is 82.5 Å². The fourth-order valence-electron chi connectivity index (χ4n) is 4.35. The molecule has 2 aromatic heterocycles. The normalized spacial score (nSPS) is 12.3. The molecule has 0 fully saturated rings. The molecule has 4 rings (SSSR count). The Bertz CT molecular complexity index is 2280. The number of benzene rings is 2. The third-order valence-corrected chi connectivity index (χ3v) is 8.88. The molecule has 0 atom stereocenters. The molecule has 0 aliphatic heterocycles. The highest BCUT2D eigenvalue weighted by molar-refractivity contribution is 7.90. The van der Waals surface area contributed by atoms with Crippen LogP contribution < -0.4 is 22.2 Å². The minimum Gasteiger partial charge on any atom is -0.398 e. The van der Waals surface area contributed by atoms with E-state index in [1.165, 1.54) is 0 Å². The van der Waals surface area contributed by atoms with Crippen molar-refractivity contribution in [3.8, 4) is 0 Å². The molecule has 2 heterocycles. The second-order valence-electron chi connectivity index (χ2n) is 11.9. The standard InChI is InChI=1S/C16H14ClF6N3O.C10H13F3N2O3S.C7H5ClF3N/c1-2-3-6-26-13(27)8-12(16(21,22)23)25-14(26)24-11-7-9(15(18,19)20)4-5-10(11)17;1-3-4-5-15-8(16)6-7(10(11,12)13)14-9(15)19(2,17)18;8-5-2-1-4(3-6(5)12)7(9,10)11/h4-5,7-8H,2-3,6H2,1H3,(H,24,25);6H,3-5H2,1-2H3;1-3H,12H2. The molecule has 25 heteroatoms. The number of sulfone groups is 1. The van der Waals surface area contributed by atoms with Crippen molar-refractivity contribution in [1.29, 1.82) is 0 Å². The van der Waals surface area contributed by atoms with E-state index in [2.05, 4.69) is 15.3 Å². The van der Waals surface area contributed by atoms with Gasteiger partial charge in [0, 0.05) is 31.5 Å². The maximum Gasteiger partial charge on any atom is 0.433 e. The van der Waals surface area contributed by atoms with Gasteiger partial charge in [0.2, 0.25) is 20.9 Å². The summed E-state index contributed by atoms with van der Waals surface area (Å²) in [5, 5.41) is 1.45. The number of aromatic nitrogens is 4. The van der Waals surface area contributed by atoms with Gasteiger partial charge in [0.05, 0.1) is 32.5 Å². The Balaban J connectivity index is 0.000000325. The maximum atomic E-state index is 13.0. The molecular weight excluding hydrogens is 875 g/mol. The first kappa shape index (κ1) is 49.6. The highest BCUT2D eigenvalue weighted by atomic mass is 35.5. The van der Waals surface area contributed by atoms with Crippen molar-refractivity contribution in [2.75, 3.05) is 17.3 Å². The van der Waals surface area contributed by atoms with Crippen LogP contribution in [0.1, 0.15) is 62.0 Å². The van der Waals surface area contributed by atoms with E-state index in [-0.39, 0.29) is 34.5 Å². The van der Waals surface area contributed by atoms with E-state index >= 15 is 0 Å². The Morgan fingerprint density at radius 3 is 1.52 bits per heavy atom. The number of nitrogens with one attached hydrogen (secondary N) is 1. The number of halogens is 14. The average molecular weight is 908 g/mol. The van der Waals surface area contributed by atoms with Crippen molar-refractivity contribution in [2.24, 2.45) is 0 Å². The number of anilines is 3. The molecule has 10 nitrogen and oxygen atoms in total. The first-order valence-electron chi connectivity index (χ1n) is 16.3. The summed E-state index contributed by atoms with van der Waals surface area (Å²) in [7, 11) is -4.02. The van der Waals surface area contributed by atoms with Crippen LogP contribution in [0.3, 0.4) is 0 Å². The average Bonchev–Trinajstić information content (AvgIpc) is 3.07. The van der Waals surface area contributed by atoms with Crippen molar-refractivity contribution in [3.63, 3.8) is 0 Å². The second kappa shape index (κ2) is 19.5. The van der Waals surface area contributed by atoms with Gasteiger partial charge in [-0.1, -0.05) is 49.9 Å². The number of hydrogen-bond donors (Lipinski definition) is 2. The van der Waals surface area contributed by atoms with Gasteiger partial charge >= 0.3 is 24.7 Å². The molecule has 2 aromatic carbocycles. The lowest BCUT2D eigenvalue weighted by Crippen LogP contribution is -2.29. The number of unbranched alkanes of at least 4 members (excludes halogenated alkanes) is 2. The molecule has 58 heavy (non-hydrogen) atoms. The summed E-state index contributed by atoms with van der Waals surface area (Å²) in [4.78, 5) is 30.2. The van der Waals surface area contributed by atoms with Crippen molar-refractivity contribution >= 4 is 50.4 Å². The minimum atomic E-state index is -4.89. The number of alkyl halides is 12. The number of nitrogens with zero attached hydrogens (tertiary/aromatic N) is 4. The van der Waals surface area contributed by atoms with Gasteiger partial charge in [0.1, 0.15) is 0 Å². The Hall–Kier alpha value is -4.51. The lowest BCUT2D eigenvalue weighted by molar-refractivity contribution is -0.142. The Morgan fingerprint density at radius 2 is 1.09 bits per heavy atom. The van der Waals surface area contributed by atoms with Gasteiger partial charge in [0.15, 0.2) is 11.4 Å². The molecule has 0 saturated heterocycles. The van der Waals surface area contributed by atoms with Gasteiger partial charge < -0.3 is 11.1 Å². The van der Waals surface area contributed by atoms with E-state index in [9.17, 15) is 70.7 Å². The molecule has 0 bridgehead atoms. The van der Waals surface area contributed by atoms with E-state index in [0.29, 0.717) is 43.9 Å². The SMILES string of the molecule is CCCCn1c(Nc2cc(C(F)(F)F)ccc2Cl)nc(C(F)(F)F)cc1=O.CCCCn1c(S(C)(=O)=O)nc(C(F)(F)F)cc1=O.Nc1cc(C(F)(F)F)ccc1Cl. The molecular formula is C33H32Cl2F12N6O4S. The molecule has 0 saturated carbocycles. The Labute approximate surface area is 331 Å². The zero-order valence-corrected chi connectivity index (χ0v) is 32.4. The minimum absolute atomic E-state index is 0.0167. The van der Waals surface area contributed by atoms with Crippen LogP contribution in [-0.4, -0.2) is 33.8 Å². The van der Waals surface area contributed by atoms with Gasteiger partial charge in [-0.2, -0.15) is 52.7 Å². The van der Waals surface area contributed by atoms with Crippen LogP contribution in [0.15, 0.2) is 63.3 Å². The van der Waals surface area contributed by atoms with Crippen LogP contribution in [-0.2, 0) is 47.6 Å². The van der Waals surface area contributed by atoms with Crippen LogP contribution in [0.5, 0.6) is 0 Å². The highest BCUT2D eigenvalue weighted by Gasteiger charge is 2.36. The fraction of sp³-hybridized carbons (Fsp3) is 0.394. The molecule has 322 valence electrons. The van der Waals surface area contributed by atoms with Crippen LogP contribution in [0.4, 0.5) is 70.0 Å². The van der Waals surface area contributed by atoms with E-state index in [0.717, 1.165) is 45.7 Å². The fourth-order valence-corrected chi connectivity index (χ4v) is 5.48. The molecule has 0 spiro atoms. The van der Waals surface area contributed by atoms with E-state index in [1.54, 1.807) is 6.92 Å². The number of rotatable bonds is 9. The van der Waals surface area contributed by atoms with Gasteiger partial charge in [-0.3, -0.25) is 18.7 Å². The third kappa shape index (κ3) is 14.4. The lowest BCUT2D eigenvalue weighted by Gasteiger charge is -2.17. The van der Waals surface area contributed by atoms with E-state index in [4.69, 9.17) is 28.9 Å². The zero-order valence-electron chi connectivity index (χ0n) is 30.1. The van der Waals surface area contributed by atoms with E-state index < -0.39 is 79.3 Å². The monoisotopic (exact) mass is 906 g/mol. The molecule has 3 N–H and O–H groups in total. The van der Waals surface area contributed by atoms with Gasteiger partial charge in [-0.05, 0) is 49.2 Å². The number of hydrogen-bond acceptors (Lipinski definition) is 8. The third-order valence-electron chi connectivity index (χ3n) is 7.23. The molecule has 0 aliphatic carbocycles. The summed E-state index contributed by atoms with van der Waals surface area (Å²) in [6.07, 6.45) is -15.8. The van der Waals surface area contributed by atoms with Crippen LogP contribution in [0, 0.1) is 0 Å². The predicted molar refractivity (Wildman–Crippen MR) is 191 cm³/mol. The first-order chi connectivity index (χ1) is 26.4. The Kier molecular flexibility index (Phi) is 16.7. The van der Waals surface area contributed by atoms with Crippen LogP contribution >= 0.6 is 23.2 Å². The molecule has 4 aromatic rings. The van der Waals surface area contributed by atoms with Crippen molar-refractivity contribution < 1.29 is 61.1 Å². The summed E-state index contributed by atoms with van der Waals surface area (Å²) in [5.41, 5.74) is -1.98. The summed E-state index contributed by atoms with van der Waals surface area (Å²) >= 11 is 11.3. The van der Waals surface area contributed by atoms with Crippen molar-refractivity contribution in [1.82, 2.24) is 19.1 Å². The summed E-state index contributed by atoms with van der Waals surface area (Å²) in [6.45, 7) is 3.67. The highest BCUT2D eigenvalue weighted by Crippen LogP contribution is 2.36. The Morgan fingerprint density at radius 1 is 0.655 bits per heavy atom. The summed E-state index contributed by atoms with van der Waals surface area (Å²) < 4.78 is 176. The first-order valence-corrected chi connectivity index (χ1v) is 18.9. The second-order valence-corrected chi connectivity index (χ2v) is 14.6. The van der Waals surface area contributed by atoms with Crippen LogP contribution in [0.25, 0.3) is 0 Å². The number of nitrogen functional groups attached to an aromatic ring is 1. The molecule has 0 unspecified atom stereocenters. The summed E-state index contributed by atoms with van der Waals surface area (Å²) in [6, 6.07) is 5.80. The van der Waals surface area contributed by atoms with Crippen molar-refractivity contribution in [3.05, 3.63) is 102 Å². The van der Waals surface area contributed by atoms with Gasteiger partial charge in [0.25, 0.3) is 11.1 Å². The van der Waals surface area contributed by atoms with Crippen LogP contribution in [0.2, 0.25) is 10.0 Å². The topological polar surface area (TPSA) is 142 Å². The predicted octanol–water partition coefficient (Wildman–Crippen LogP) is 9.88.